The van der Waals surface area contributed by atoms with Crippen LogP contribution in [-0.4, -0.2) is 23.2 Å². The molecule has 0 aliphatic heterocycles. The van der Waals surface area contributed by atoms with Gasteiger partial charge in [0.1, 0.15) is 11.3 Å². The van der Waals surface area contributed by atoms with Crippen molar-refractivity contribution in [1.29, 1.82) is 0 Å². The lowest BCUT2D eigenvalue weighted by molar-refractivity contribution is 0.0693. The second-order valence-corrected chi connectivity index (χ2v) is 6.03. The summed E-state index contributed by atoms with van der Waals surface area (Å²) in [6.45, 7) is 4.68. The Bertz CT molecular complexity index is 640. The largest absolute Gasteiger partial charge is 0.496 e. The first kappa shape index (κ1) is 15.5. The Morgan fingerprint density at radius 3 is 2.86 bits per heavy atom. The fourth-order valence-corrected chi connectivity index (χ4v) is 2.77. The first-order chi connectivity index (χ1) is 10.0. The van der Waals surface area contributed by atoms with Crippen LogP contribution in [0.25, 0.3) is 0 Å². The first-order valence-corrected chi connectivity index (χ1v) is 7.39. The fraction of sp³-hybridized carbons (Fsp3) is 0.333. The maximum absolute atomic E-state index is 11.2. The molecule has 2 N–H and O–H groups in total. The molecule has 0 bridgehead atoms. The fourth-order valence-electron chi connectivity index (χ4n) is 2.02. The van der Waals surface area contributed by atoms with Gasteiger partial charge in [0, 0.05) is 23.7 Å². The highest BCUT2D eigenvalue weighted by molar-refractivity contribution is 7.11. The number of ether oxygens (including phenoxy) is 1. The molecule has 0 aliphatic carbocycles. The van der Waals surface area contributed by atoms with Crippen molar-refractivity contribution >= 4 is 17.3 Å². The molecule has 5 nitrogen and oxygen atoms in total. The van der Waals surface area contributed by atoms with Crippen LogP contribution in [0, 0.1) is 6.92 Å². The van der Waals surface area contributed by atoms with E-state index >= 15 is 0 Å². The van der Waals surface area contributed by atoms with E-state index in [1.54, 1.807) is 23.5 Å². The number of carboxylic acids is 1. The molecule has 0 saturated carbocycles. The maximum atomic E-state index is 11.2. The van der Waals surface area contributed by atoms with Gasteiger partial charge in [-0.15, -0.1) is 11.3 Å². The molecule has 2 rings (SSSR count). The minimum Gasteiger partial charge on any atom is -0.496 e. The van der Waals surface area contributed by atoms with Gasteiger partial charge in [-0.1, -0.05) is 6.07 Å². The summed E-state index contributed by atoms with van der Waals surface area (Å²) in [6, 6.07) is 5.25. The Morgan fingerprint density at radius 2 is 2.29 bits per heavy atom. The second-order valence-electron chi connectivity index (χ2n) is 4.71. The van der Waals surface area contributed by atoms with E-state index in [4.69, 9.17) is 4.74 Å². The van der Waals surface area contributed by atoms with Gasteiger partial charge in [0.2, 0.25) is 0 Å². The lowest BCUT2D eigenvalue weighted by atomic mass is 10.0. The van der Waals surface area contributed by atoms with E-state index in [2.05, 4.69) is 10.3 Å². The number of aryl methyl sites for hydroxylation is 1. The number of carboxylic acid groups (broad SMARTS) is 1. The number of aromatic nitrogens is 1. The number of hydrogen-bond donors (Lipinski definition) is 2. The van der Waals surface area contributed by atoms with Crippen LogP contribution >= 0.6 is 11.3 Å². The van der Waals surface area contributed by atoms with Crippen LogP contribution in [0.1, 0.15) is 38.8 Å². The molecule has 0 radical (unpaired) electrons. The van der Waals surface area contributed by atoms with Crippen LogP contribution in [0.15, 0.2) is 24.4 Å². The number of thiazole rings is 1. The van der Waals surface area contributed by atoms with Gasteiger partial charge in [-0.3, -0.25) is 0 Å². The van der Waals surface area contributed by atoms with E-state index in [1.807, 2.05) is 26.1 Å². The highest BCUT2D eigenvalue weighted by Crippen LogP contribution is 2.24. The predicted molar refractivity (Wildman–Crippen MR) is 82.1 cm³/mol. The van der Waals surface area contributed by atoms with E-state index in [0.29, 0.717) is 12.3 Å². The van der Waals surface area contributed by atoms with Gasteiger partial charge < -0.3 is 15.2 Å². The highest BCUT2D eigenvalue weighted by atomic mass is 32.1. The molecule has 6 heteroatoms. The molecule has 0 spiro atoms. The third-order valence-electron chi connectivity index (χ3n) is 3.21. The monoisotopic (exact) mass is 306 g/mol. The molecular formula is C15H18N2O3S. The summed E-state index contributed by atoms with van der Waals surface area (Å²) < 4.78 is 5.07. The lowest BCUT2D eigenvalue weighted by Crippen LogP contribution is -2.18. The van der Waals surface area contributed by atoms with Crippen LogP contribution in [0.2, 0.25) is 0 Å². The van der Waals surface area contributed by atoms with Gasteiger partial charge >= 0.3 is 5.97 Å². The molecule has 0 aliphatic rings. The molecular weight excluding hydrogens is 288 g/mol. The average Bonchev–Trinajstić information content (AvgIpc) is 2.89. The molecule has 2 aromatic rings. The molecule has 21 heavy (non-hydrogen) atoms. The molecule has 0 amide bonds. The number of nitrogens with zero attached hydrogens (tertiary/aromatic N) is 1. The van der Waals surface area contributed by atoms with Crippen LogP contribution in [0.3, 0.4) is 0 Å². The Kier molecular flexibility index (Phi) is 4.93. The van der Waals surface area contributed by atoms with Crippen molar-refractivity contribution in [1.82, 2.24) is 10.3 Å². The Morgan fingerprint density at radius 1 is 1.52 bits per heavy atom. The average molecular weight is 306 g/mol. The third kappa shape index (κ3) is 3.80. The van der Waals surface area contributed by atoms with Gasteiger partial charge in [-0.05, 0) is 31.5 Å². The summed E-state index contributed by atoms with van der Waals surface area (Å²) >= 11 is 1.65. The zero-order chi connectivity index (χ0) is 15.4. The summed E-state index contributed by atoms with van der Waals surface area (Å²) in [5, 5.41) is 13.6. The molecule has 112 valence electrons. The van der Waals surface area contributed by atoms with Crippen LogP contribution in [0.5, 0.6) is 5.75 Å². The SMILES string of the molecule is COc1ccc([C@H](C)NCc2cnc(C)s2)cc1C(=O)O. The van der Waals surface area contributed by atoms with E-state index in [9.17, 15) is 9.90 Å². The second kappa shape index (κ2) is 6.69. The normalized spacial score (nSPS) is 12.1. The topological polar surface area (TPSA) is 71.5 Å². The molecule has 1 aromatic heterocycles. The van der Waals surface area contributed by atoms with Crippen LogP contribution in [-0.2, 0) is 6.54 Å². The highest BCUT2D eigenvalue weighted by Gasteiger charge is 2.14. The summed E-state index contributed by atoms with van der Waals surface area (Å²) in [5.41, 5.74) is 1.09. The molecule has 0 unspecified atom stereocenters. The number of benzene rings is 1. The van der Waals surface area contributed by atoms with Crippen LogP contribution < -0.4 is 10.1 Å². The van der Waals surface area contributed by atoms with Gasteiger partial charge in [0.05, 0.1) is 12.1 Å². The van der Waals surface area contributed by atoms with E-state index < -0.39 is 5.97 Å². The van der Waals surface area contributed by atoms with Crippen molar-refractivity contribution in [2.24, 2.45) is 0 Å². The third-order valence-corrected chi connectivity index (χ3v) is 4.12. The van der Waals surface area contributed by atoms with Gasteiger partial charge in [0.25, 0.3) is 0 Å². The Labute approximate surface area is 127 Å². The standard InChI is InChI=1S/C15H18N2O3S/c1-9(16-7-12-8-17-10(2)21-12)11-4-5-14(20-3)13(6-11)15(18)19/h4-6,8-9,16H,7H2,1-3H3,(H,18,19)/t9-/m0/s1. The van der Waals surface area contributed by atoms with Gasteiger partial charge in [-0.2, -0.15) is 0 Å². The van der Waals surface area contributed by atoms with E-state index in [0.717, 1.165) is 15.4 Å². The predicted octanol–water partition coefficient (Wildman–Crippen LogP) is 3.01. The van der Waals surface area contributed by atoms with Crippen molar-refractivity contribution in [3.05, 3.63) is 45.4 Å². The Balaban J connectivity index is 2.10. The summed E-state index contributed by atoms with van der Waals surface area (Å²) in [4.78, 5) is 16.6. The lowest BCUT2D eigenvalue weighted by Gasteiger charge is -2.15. The van der Waals surface area contributed by atoms with E-state index in [1.165, 1.54) is 7.11 Å². The minimum absolute atomic E-state index is 0.0383. The van der Waals surface area contributed by atoms with E-state index in [-0.39, 0.29) is 11.6 Å². The first-order valence-electron chi connectivity index (χ1n) is 6.57. The number of methoxy groups -OCH3 is 1. The smallest absolute Gasteiger partial charge is 0.339 e. The zero-order valence-electron chi connectivity index (χ0n) is 12.2. The molecule has 0 saturated heterocycles. The number of nitrogens with one attached hydrogen (secondary N) is 1. The van der Waals surface area contributed by atoms with Crippen molar-refractivity contribution in [3.63, 3.8) is 0 Å². The maximum Gasteiger partial charge on any atom is 0.339 e. The number of rotatable bonds is 6. The van der Waals surface area contributed by atoms with Crippen molar-refractivity contribution in [2.75, 3.05) is 7.11 Å². The molecule has 1 atom stereocenters. The Hall–Kier alpha value is -1.92. The summed E-state index contributed by atoms with van der Waals surface area (Å²) in [5.74, 6) is -0.615. The van der Waals surface area contributed by atoms with Crippen LogP contribution in [0.4, 0.5) is 0 Å². The number of carbonyl (C=O) groups is 1. The van der Waals surface area contributed by atoms with Gasteiger partial charge in [0.15, 0.2) is 0 Å². The zero-order valence-corrected chi connectivity index (χ0v) is 13.0. The molecule has 0 fully saturated rings. The number of aromatic carboxylic acids is 1. The molecule has 1 heterocycles. The summed E-state index contributed by atoms with van der Waals surface area (Å²) in [6.07, 6.45) is 1.86. The number of hydrogen-bond acceptors (Lipinski definition) is 5. The van der Waals surface area contributed by atoms with Crippen molar-refractivity contribution < 1.29 is 14.6 Å². The van der Waals surface area contributed by atoms with Crippen molar-refractivity contribution in [3.8, 4) is 5.75 Å². The molecule has 1 aromatic carbocycles. The summed E-state index contributed by atoms with van der Waals surface area (Å²) in [7, 11) is 1.47. The quantitative estimate of drug-likeness (QED) is 0.858. The minimum atomic E-state index is -0.987. The van der Waals surface area contributed by atoms with Gasteiger partial charge in [-0.25, -0.2) is 9.78 Å². The van der Waals surface area contributed by atoms with Crippen molar-refractivity contribution in [2.45, 2.75) is 26.4 Å².